The lowest BCUT2D eigenvalue weighted by Gasteiger charge is -2.38. The number of likely N-dealkylation sites (tertiary alicyclic amines) is 1. The van der Waals surface area contributed by atoms with Gasteiger partial charge in [0.15, 0.2) is 0 Å². The molecule has 1 N–H and O–H groups in total. The van der Waals surface area contributed by atoms with Crippen molar-refractivity contribution in [3.8, 4) is 0 Å². The largest absolute Gasteiger partial charge is 0.396 e. The third-order valence-electron chi connectivity index (χ3n) is 4.08. The van der Waals surface area contributed by atoms with Gasteiger partial charge < -0.3 is 10.0 Å². The molecule has 2 atom stereocenters. The van der Waals surface area contributed by atoms with Crippen LogP contribution in [0.2, 0.25) is 0 Å². The van der Waals surface area contributed by atoms with Gasteiger partial charge in [0.25, 0.3) is 0 Å². The standard InChI is InChI=1S/C14H25NO/c16-11-9-14-8-4-5-10-15(14)12-13-6-2-1-3-7-13/h1-2,13-14,16H,3-12H2. The van der Waals surface area contributed by atoms with Crippen LogP contribution in [0.4, 0.5) is 0 Å². The van der Waals surface area contributed by atoms with Crippen molar-refractivity contribution in [3.05, 3.63) is 12.2 Å². The summed E-state index contributed by atoms with van der Waals surface area (Å²) >= 11 is 0. The predicted octanol–water partition coefficient (Wildman–Crippen LogP) is 2.58. The summed E-state index contributed by atoms with van der Waals surface area (Å²) in [6, 6.07) is 0.657. The Morgan fingerprint density at radius 1 is 1.19 bits per heavy atom. The molecule has 0 aromatic heterocycles. The van der Waals surface area contributed by atoms with Crippen molar-refractivity contribution >= 4 is 0 Å². The lowest BCUT2D eigenvalue weighted by molar-refractivity contribution is 0.0993. The first-order valence-electron chi connectivity index (χ1n) is 6.90. The van der Waals surface area contributed by atoms with Crippen LogP contribution in [0.3, 0.4) is 0 Å². The van der Waals surface area contributed by atoms with E-state index in [2.05, 4.69) is 17.1 Å². The third-order valence-corrected chi connectivity index (χ3v) is 4.08. The smallest absolute Gasteiger partial charge is 0.0445 e. The van der Waals surface area contributed by atoms with Crippen molar-refractivity contribution in [2.45, 2.75) is 51.0 Å². The van der Waals surface area contributed by atoms with Crippen molar-refractivity contribution in [2.75, 3.05) is 19.7 Å². The molecule has 0 bridgehead atoms. The van der Waals surface area contributed by atoms with Gasteiger partial charge in [-0.1, -0.05) is 18.6 Å². The van der Waals surface area contributed by atoms with Crippen LogP contribution >= 0.6 is 0 Å². The quantitative estimate of drug-likeness (QED) is 0.740. The number of allylic oxidation sites excluding steroid dienone is 2. The number of hydrogen-bond acceptors (Lipinski definition) is 2. The van der Waals surface area contributed by atoms with E-state index in [4.69, 9.17) is 5.11 Å². The van der Waals surface area contributed by atoms with E-state index in [0.717, 1.165) is 12.3 Å². The summed E-state index contributed by atoms with van der Waals surface area (Å²) in [4.78, 5) is 2.64. The molecule has 0 spiro atoms. The van der Waals surface area contributed by atoms with Gasteiger partial charge >= 0.3 is 0 Å². The normalized spacial score (nSPS) is 31.8. The first-order chi connectivity index (χ1) is 7.90. The minimum atomic E-state index is 0.353. The molecule has 2 heteroatoms. The number of aliphatic hydroxyl groups excluding tert-OH is 1. The number of piperidine rings is 1. The average molecular weight is 223 g/mol. The van der Waals surface area contributed by atoms with E-state index in [9.17, 15) is 0 Å². The summed E-state index contributed by atoms with van der Waals surface area (Å²) in [5.41, 5.74) is 0. The topological polar surface area (TPSA) is 23.5 Å². The molecule has 0 amide bonds. The molecule has 0 radical (unpaired) electrons. The summed E-state index contributed by atoms with van der Waals surface area (Å²) in [5, 5.41) is 9.10. The molecule has 2 aliphatic rings. The van der Waals surface area contributed by atoms with Gasteiger partial charge in [0.1, 0.15) is 0 Å². The van der Waals surface area contributed by atoms with Crippen LogP contribution in [0.1, 0.15) is 44.9 Å². The highest BCUT2D eigenvalue weighted by Crippen LogP contribution is 2.25. The van der Waals surface area contributed by atoms with Crippen LogP contribution in [0.25, 0.3) is 0 Å². The summed E-state index contributed by atoms with van der Waals surface area (Å²) in [5.74, 6) is 0.865. The third kappa shape index (κ3) is 3.33. The Labute approximate surface area is 99.3 Å². The van der Waals surface area contributed by atoms with Crippen LogP contribution < -0.4 is 0 Å². The highest BCUT2D eigenvalue weighted by molar-refractivity contribution is 4.91. The molecule has 2 unspecified atom stereocenters. The maximum atomic E-state index is 9.10. The van der Waals surface area contributed by atoms with Gasteiger partial charge in [-0.3, -0.25) is 0 Å². The van der Waals surface area contributed by atoms with Crippen molar-refractivity contribution < 1.29 is 5.11 Å². The minimum Gasteiger partial charge on any atom is -0.396 e. The van der Waals surface area contributed by atoms with Gasteiger partial charge in [0.2, 0.25) is 0 Å². The Morgan fingerprint density at radius 3 is 2.88 bits per heavy atom. The molecule has 2 nitrogen and oxygen atoms in total. The molecule has 16 heavy (non-hydrogen) atoms. The fraction of sp³-hybridized carbons (Fsp3) is 0.857. The highest BCUT2D eigenvalue weighted by Gasteiger charge is 2.24. The Kier molecular flexibility index (Phi) is 4.86. The zero-order valence-corrected chi connectivity index (χ0v) is 10.3. The lowest BCUT2D eigenvalue weighted by atomic mass is 9.91. The molecule has 0 aromatic rings. The summed E-state index contributed by atoms with van der Waals surface area (Å²) in [6.07, 6.45) is 13.5. The first kappa shape index (κ1) is 12.1. The molecule has 0 saturated carbocycles. The molecule has 1 aliphatic heterocycles. The second-order valence-corrected chi connectivity index (χ2v) is 5.31. The molecule has 1 aliphatic carbocycles. The van der Waals surface area contributed by atoms with E-state index in [0.29, 0.717) is 12.6 Å². The predicted molar refractivity (Wildman–Crippen MR) is 67.4 cm³/mol. The van der Waals surface area contributed by atoms with Crippen LogP contribution in [-0.4, -0.2) is 35.7 Å². The van der Waals surface area contributed by atoms with Gasteiger partial charge in [-0.2, -0.15) is 0 Å². The Bertz CT molecular complexity index is 225. The minimum absolute atomic E-state index is 0.353. The SMILES string of the molecule is OCCC1CCCCN1CC1CC=CCC1. The molecular formula is C14H25NO. The van der Waals surface area contributed by atoms with Gasteiger partial charge in [-0.05, 0) is 51.0 Å². The van der Waals surface area contributed by atoms with E-state index in [1.807, 2.05) is 0 Å². The fourth-order valence-corrected chi connectivity index (χ4v) is 3.13. The zero-order valence-electron chi connectivity index (χ0n) is 10.3. The van der Waals surface area contributed by atoms with Gasteiger partial charge in [0.05, 0.1) is 0 Å². The van der Waals surface area contributed by atoms with Gasteiger partial charge in [-0.25, -0.2) is 0 Å². The Hall–Kier alpha value is -0.340. The van der Waals surface area contributed by atoms with E-state index < -0.39 is 0 Å². The average Bonchev–Trinajstić information content (AvgIpc) is 2.33. The molecule has 92 valence electrons. The number of nitrogens with zero attached hydrogens (tertiary/aromatic N) is 1. The second kappa shape index (κ2) is 6.41. The maximum absolute atomic E-state index is 9.10. The molecule has 1 heterocycles. The Balaban J connectivity index is 1.82. The molecule has 0 aromatic carbocycles. The summed E-state index contributed by atoms with van der Waals surface area (Å²) in [6.45, 7) is 2.87. The fourth-order valence-electron chi connectivity index (χ4n) is 3.13. The molecule has 2 rings (SSSR count). The van der Waals surface area contributed by atoms with Crippen molar-refractivity contribution in [1.29, 1.82) is 0 Å². The number of hydrogen-bond donors (Lipinski definition) is 1. The van der Waals surface area contributed by atoms with Gasteiger partial charge in [-0.15, -0.1) is 0 Å². The monoisotopic (exact) mass is 223 g/mol. The summed E-state index contributed by atoms with van der Waals surface area (Å²) < 4.78 is 0. The second-order valence-electron chi connectivity index (χ2n) is 5.31. The van der Waals surface area contributed by atoms with Crippen molar-refractivity contribution in [3.63, 3.8) is 0 Å². The van der Waals surface area contributed by atoms with Crippen LogP contribution in [0.15, 0.2) is 12.2 Å². The van der Waals surface area contributed by atoms with Crippen LogP contribution in [0, 0.1) is 5.92 Å². The van der Waals surface area contributed by atoms with E-state index in [1.54, 1.807) is 0 Å². The van der Waals surface area contributed by atoms with Gasteiger partial charge in [0, 0.05) is 19.2 Å². The van der Waals surface area contributed by atoms with E-state index >= 15 is 0 Å². The van der Waals surface area contributed by atoms with E-state index in [1.165, 1.54) is 51.6 Å². The maximum Gasteiger partial charge on any atom is 0.0445 e. The summed E-state index contributed by atoms with van der Waals surface area (Å²) in [7, 11) is 0. The Morgan fingerprint density at radius 2 is 2.12 bits per heavy atom. The highest BCUT2D eigenvalue weighted by atomic mass is 16.3. The molecule has 1 saturated heterocycles. The lowest BCUT2D eigenvalue weighted by Crippen LogP contribution is -2.42. The van der Waals surface area contributed by atoms with Crippen molar-refractivity contribution in [1.82, 2.24) is 4.90 Å². The molecular weight excluding hydrogens is 198 g/mol. The number of rotatable bonds is 4. The molecule has 1 fully saturated rings. The van der Waals surface area contributed by atoms with Crippen LogP contribution in [0.5, 0.6) is 0 Å². The number of aliphatic hydroxyl groups is 1. The van der Waals surface area contributed by atoms with Crippen molar-refractivity contribution in [2.24, 2.45) is 5.92 Å². The van der Waals surface area contributed by atoms with Crippen LogP contribution in [-0.2, 0) is 0 Å². The zero-order chi connectivity index (χ0) is 11.2. The first-order valence-corrected chi connectivity index (χ1v) is 6.90. The van der Waals surface area contributed by atoms with E-state index in [-0.39, 0.29) is 0 Å².